The van der Waals surface area contributed by atoms with Gasteiger partial charge in [0.05, 0.1) is 18.1 Å². The Kier molecular flexibility index (Phi) is 7.27. The molecule has 0 spiro atoms. The Hall–Kier alpha value is -2.66. The van der Waals surface area contributed by atoms with Crippen molar-refractivity contribution in [2.75, 3.05) is 31.6 Å². The minimum atomic E-state index is -3.57. The summed E-state index contributed by atoms with van der Waals surface area (Å²) in [4.78, 5) is 12.1. The third-order valence-corrected chi connectivity index (χ3v) is 6.37. The highest BCUT2D eigenvalue weighted by atomic mass is 32.2. The number of hydrogen-bond acceptors (Lipinski definition) is 5. The number of amides is 1. The molecule has 1 fully saturated rings. The maximum absolute atomic E-state index is 12.9. The Balaban J connectivity index is 1.55. The molecule has 7 nitrogen and oxygen atoms in total. The summed E-state index contributed by atoms with van der Waals surface area (Å²) in [6.45, 7) is 1.40. The van der Waals surface area contributed by atoms with E-state index in [2.05, 4.69) is 10.6 Å². The van der Waals surface area contributed by atoms with E-state index in [-0.39, 0.29) is 15.8 Å². The van der Waals surface area contributed by atoms with Crippen LogP contribution in [0.5, 0.6) is 0 Å². The van der Waals surface area contributed by atoms with Gasteiger partial charge in [-0.15, -0.1) is 0 Å². The largest absolute Gasteiger partial charge is 0.379 e. The number of morpholine rings is 1. The summed E-state index contributed by atoms with van der Waals surface area (Å²) in [5.41, 5.74) is 1.20. The summed E-state index contributed by atoms with van der Waals surface area (Å²) in [7, 11) is -3.57. The molecule has 10 heteroatoms. The molecule has 1 aliphatic rings. The summed E-state index contributed by atoms with van der Waals surface area (Å²) < 4.78 is 44.7. The SMILES string of the molecule is O=C(/C=C/c1ccc(F)cc1)NC(=S)Nc1ccc(S(=O)(=O)N2CCOCC2)cc1. The third-order valence-electron chi connectivity index (χ3n) is 4.25. The van der Waals surface area contributed by atoms with Crippen molar-refractivity contribution in [3.05, 3.63) is 66.0 Å². The summed E-state index contributed by atoms with van der Waals surface area (Å²) in [6, 6.07) is 11.8. The number of carbonyl (C=O) groups is 1. The normalized spacial score (nSPS) is 15.1. The zero-order valence-electron chi connectivity index (χ0n) is 15.9. The number of rotatable bonds is 5. The van der Waals surface area contributed by atoms with Crippen LogP contribution in [0.3, 0.4) is 0 Å². The fourth-order valence-corrected chi connectivity index (χ4v) is 4.33. The van der Waals surface area contributed by atoms with E-state index < -0.39 is 15.9 Å². The maximum Gasteiger partial charge on any atom is 0.250 e. The molecule has 0 aromatic heterocycles. The van der Waals surface area contributed by atoms with Crippen LogP contribution in [0.4, 0.5) is 10.1 Å². The molecule has 1 amide bonds. The van der Waals surface area contributed by atoms with Crippen molar-refractivity contribution >= 4 is 45.0 Å². The van der Waals surface area contributed by atoms with Gasteiger partial charge in [0.15, 0.2) is 5.11 Å². The van der Waals surface area contributed by atoms with Gasteiger partial charge in [-0.25, -0.2) is 12.8 Å². The van der Waals surface area contributed by atoms with E-state index in [0.29, 0.717) is 37.6 Å². The summed E-state index contributed by atoms with van der Waals surface area (Å²) in [6.07, 6.45) is 2.81. The lowest BCUT2D eigenvalue weighted by molar-refractivity contribution is -0.115. The van der Waals surface area contributed by atoms with Crippen LogP contribution in [-0.4, -0.2) is 50.0 Å². The topological polar surface area (TPSA) is 87.7 Å². The average Bonchev–Trinajstić information content (AvgIpc) is 2.74. The molecule has 158 valence electrons. The van der Waals surface area contributed by atoms with E-state index >= 15 is 0 Å². The van der Waals surface area contributed by atoms with E-state index in [1.165, 1.54) is 40.7 Å². The quantitative estimate of drug-likeness (QED) is 0.538. The number of halogens is 1. The number of sulfonamides is 1. The molecule has 2 aromatic rings. The molecule has 0 aliphatic carbocycles. The first-order valence-electron chi connectivity index (χ1n) is 9.08. The molecule has 0 radical (unpaired) electrons. The van der Waals surface area contributed by atoms with Crippen LogP contribution in [0.25, 0.3) is 6.08 Å². The fraction of sp³-hybridized carbons (Fsp3) is 0.200. The van der Waals surface area contributed by atoms with Crippen molar-refractivity contribution in [2.24, 2.45) is 0 Å². The van der Waals surface area contributed by atoms with Gasteiger partial charge in [-0.1, -0.05) is 12.1 Å². The van der Waals surface area contributed by atoms with Gasteiger partial charge in [0.2, 0.25) is 15.9 Å². The predicted octanol–water partition coefficient (Wildman–Crippen LogP) is 2.37. The van der Waals surface area contributed by atoms with Gasteiger partial charge in [-0.3, -0.25) is 10.1 Å². The smallest absolute Gasteiger partial charge is 0.250 e. The molecule has 0 atom stereocenters. The van der Waals surface area contributed by atoms with Crippen LogP contribution in [0.2, 0.25) is 0 Å². The lowest BCUT2D eigenvalue weighted by Crippen LogP contribution is -2.40. The molecule has 30 heavy (non-hydrogen) atoms. The second kappa shape index (κ2) is 9.90. The molecule has 0 bridgehead atoms. The molecule has 1 aliphatic heterocycles. The second-order valence-corrected chi connectivity index (χ2v) is 8.72. The highest BCUT2D eigenvalue weighted by Gasteiger charge is 2.26. The van der Waals surface area contributed by atoms with Crippen molar-refractivity contribution in [2.45, 2.75) is 4.90 Å². The van der Waals surface area contributed by atoms with Crippen LogP contribution >= 0.6 is 12.2 Å². The Bertz CT molecular complexity index is 1030. The summed E-state index contributed by atoms with van der Waals surface area (Å²) in [5, 5.41) is 5.37. The second-order valence-electron chi connectivity index (χ2n) is 6.37. The Morgan fingerprint density at radius 3 is 2.33 bits per heavy atom. The number of carbonyl (C=O) groups excluding carboxylic acids is 1. The van der Waals surface area contributed by atoms with E-state index in [0.717, 1.165) is 0 Å². The van der Waals surface area contributed by atoms with Gasteiger partial charge >= 0.3 is 0 Å². The zero-order valence-corrected chi connectivity index (χ0v) is 17.5. The minimum Gasteiger partial charge on any atom is -0.379 e. The van der Waals surface area contributed by atoms with Gasteiger partial charge in [0.25, 0.3) is 0 Å². The van der Waals surface area contributed by atoms with E-state index in [1.807, 2.05) is 0 Å². The Morgan fingerprint density at radius 2 is 1.70 bits per heavy atom. The summed E-state index contributed by atoms with van der Waals surface area (Å²) in [5.74, 6) is -0.811. The molecule has 2 aromatic carbocycles. The molecule has 3 rings (SSSR count). The van der Waals surface area contributed by atoms with Gasteiger partial charge in [0.1, 0.15) is 5.82 Å². The lowest BCUT2D eigenvalue weighted by atomic mass is 10.2. The van der Waals surface area contributed by atoms with Gasteiger partial charge in [-0.2, -0.15) is 4.31 Å². The van der Waals surface area contributed by atoms with Crippen molar-refractivity contribution in [3.8, 4) is 0 Å². The molecule has 1 saturated heterocycles. The van der Waals surface area contributed by atoms with Gasteiger partial charge < -0.3 is 10.1 Å². The first-order chi connectivity index (χ1) is 14.3. The summed E-state index contributed by atoms with van der Waals surface area (Å²) >= 11 is 5.10. The van der Waals surface area contributed by atoms with Crippen LogP contribution in [0.1, 0.15) is 5.56 Å². The first kappa shape index (κ1) is 22.0. The molecule has 1 heterocycles. The standard InChI is InChI=1S/C20H20FN3O4S2/c21-16-4-1-15(2-5-16)3-10-19(25)23-20(29)22-17-6-8-18(9-7-17)30(26,27)24-11-13-28-14-12-24/h1-10H,11-14H2,(H2,22,23,25,29)/b10-3+. The molecule has 0 unspecified atom stereocenters. The van der Waals surface area contributed by atoms with Gasteiger partial charge in [-0.05, 0) is 60.3 Å². The number of thiocarbonyl (C=S) groups is 1. The van der Waals surface area contributed by atoms with Crippen LogP contribution in [0, 0.1) is 5.82 Å². The number of benzene rings is 2. The molecule has 2 N–H and O–H groups in total. The van der Waals surface area contributed by atoms with Crippen LogP contribution in [0.15, 0.2) is 59.5 Å². The van der Waals surface area contributed by atoms with Crippen LogP contribution in [-0.2, 0) is 19.6 Å². The number of hydrogen-bond donors (Lipinski definition) is 2. The lowest BCUT2D eigenvalue weighted by Gasteiger charge is -2.26. The number of nitrogens with one attached hydrogen (secondary N) is 2. The van der Waals surface area contributed by atoms with Crippen molar-refractivity contribution in [3.63, 3.8) is 0 Å². The highest BCUT2D eigenvalue weighted by Crippen LogP contribution is 2.19. The Labute approximate surface area is 179 Å². The van der Waals surface area contributed by atoms with Gasteiger partial charge in [0, 0.05) is 24.9 Å². The molecule has 0 saturated carbocycles. The van der Waals surface area contributed by atoms with Crippen molar-refractivity contribution in [1.29, 1.82) is 0 Å². The monoisotopic (exact) mass is 449 g/mol. The molecular formula is C20H20FN3O4S2. The third kappa shape index (κ3) is 5.92. The number of anilines is 1. The van der Waals surface area contributed by atoms with E-state index in [4.69, 9.17) is 17.0 Å². The maximum atomic E-state index is 12.9. The number of ether oxygens (including phenoxy) is 1. The Morgan fingerprint density at radius 1 is 1.07 bits per heavy atom. The fourth-order valence-electron chi connectivity index (χ4n) is 2.71. The minimum absolute atomic E-state index is 0.0625. The van der Waals surface area contributed by atoms with Crippen molar-refractivity contribution < 1.29 is 22.3 Å². The van der Waals surface area contributed by atoms with Crippen molar-refractivity contribution in [1.82, 2.24) is 9.62 Å². The number of nitrogens with zero attached hydrogens (tertiary/aromatic N) is 1. The zero-order chi connectivity index (χ0) is 21.6. The predicted molar refractivity (Wildman–Crippen MR) is 116 cm³/mol. The average molecular weight is 450 g/mol. The van der Waals surface area contributed by atoms with E-state index in [1.54, 1.807) is 24.3 Å². The van der Waals surface area contributed by atoms with Crippen LogP contribution < -0.4 is 10.6 Å². The highest BCUT2D eigenvalue weighted by molar-refractivity contribution is 7.89. The molecular weight excluding hydrogens is 429 g/mol. The van der Waals surface area contributed by atoms with E-state index in [9.17, 15) is 17.6 Å². The first-order valence-corrected chi connectivity index (χ1v) is 10.9.